The summed E-state index contributed by atoms with van der Waals surface area (Å²) < 4.78 is 47.1. The van der Waals surface area contributed by atoms with Crippen LogP contribution in [0.15, 0.2) is 48.7 Å². The van der Waals surface area contributed by atoms with Crippen LogP contribution in [-0.4, -0.2) is 57.3 Å². The van der Waals surface area contributed by atoms with Crippen LogP contribution in [0.4, 0.5) is 18.9 Å². The number of nitrogens with one attached hydrogen (secondary N) is 3. The summed E-state index contributed by atoms with van der Waals surface area (Å²) in [5.74, 6) is -2.91. The zero-order valence-electron chi connectivity index (χ0n) is 18.4. The first-order valence-corrected chi connectivity index (χ1v) is 10.9. The maximum absolute atomic E-state index is 14.1. The highest BCUT2D eigenvalue weighted by atomic mass is 19.1. The summed E-state index contributed by atoms with van der Waals surface area (Å²) in [6, 6.07) is 9.17. The summed E-state index contributed by atoms with van der Waals surface area (Å²) in [7, 11) is 0. The normalized spacial score (nSPS) is 14.3. The molecule has 35 heavy (non-hydrogen) atoms. The van der Waals surface area contributed by atoms with Crippen molar-refractivity contribution in [2.24, 2.45) is 0 Å². The Labute approximate surface area is 198 Å². The van der Waals surface area contributed by atoms with Gasteiger partial charge in [-0.3, -0.25) is 14.8 Å². The SMILES string of the molecule is O=C(Nc1cn[nH]c1-c1nc(-c2ccc(F)cc2)c(CN2CCOCC2)[nH]1)c1c(F)cccc1F. The minimum Gasteiger partial charge on any atom is -0.379 e. The van der Waals surface area contributed by atoms with E-state index in [9.17, 15) is 18.0 Å². The molecule has 0 aliphatic carbocycles. The topological polar surface area (TPSA) is 98.9 Å². The van der Waals surface area contributed by atoms with E-state index in [2.05, 4.69) is 30.4 Å². The molecular weight excluding hydrogens is 461 g/mol. The van der Waals surface area contributed by atoms with Gasteiger partial charge in [-0.2, -0.15) is 5.10 Å². The number of halogens is 3. The molecule has 2 aromatic carbocycles. The van der Waals surface area contributed by atoms with E-state index in [1.54, 1.807) is 12.1 Å². The van der Waals surface area contributed by atoms with Crippen LogP contribution in [0, 0.1) is 17.5 Å². The number of carbonyl (C=O) groups excluding carboxylic acids is 1. The van der Waals surface area contributed by atoms with Crippen molar-refractivity contribution in [3.8, 4) is 22.8 Å². The number of ether oxygens (including phenoxy) is 1. The first-order valence-electron chi connectivity index (χ1n) is 10.9. The van der Waals surface area contributed by atoms with Gasteiger partial charge >= 0.3 is 0 Å². The van der Waals surface area contributed by atoms with Crippen LogP contribution >= 0.6 is 0 Å². The van der Waals surface area contributed by atoms with Crippen LogP contribution in [0.1, 0.15) is 16.1 Å². The monoisotopic (exact) mass is 482 g/mol. The van der Waals surface area contributed by atoms with Crippen molar-refractivity contribution in [2.45, 2.75) is 6.54 Å². The van der Waals surface area contributed by atoms with Crippen LogP contribution < -0.4 is 5.32 Å². The molecule has 8 nitrogen and oxygen atoms in total. The van der Waals surface area contributed by atoms with Crippen LogP contribution in [0.3, 0.4) is 0 Å². The Hall–Kier alpha value is -3.96. The van der Waals surface area contributed by atoms with Gasteiger partial charge in [0.15, 0.2) is 5.82 Å². The fourth-order valence-electron chi connectivity index (χ4n) is 3.93. The number of H-pyrrole nitrogens is 2. The van der Waals surface area contributed by atoms with Crippen LogP contribution in [0.5, 0.6) is 0 Å². The average Bonchev–Trinajstić information content (AvgIpc) is 3.47. The van der Waals surface area contributed by atoms with Gasteiger partial charge in [-0.05, 0) is 36.4 Å². The third-order valence-electron chi connectivity index (χ3n) is 5.70. The number of aromatic amines is 2. The molecule has 0 bridgehead atoms. The Morgan fingerprint density at radius 3 is 2.49 bits per heavy atom. The molecule has 3 heterocycles. The lowest BCUT2D eigenvalue weighted by molar-refractivity contribution is 0.0338. The first-order chi connectivity index (χ1) is 17.0. The fraction of sp³-hybridized carbons (Fsp3) is 0.208. The second-order valence-electron chi connectivity index (χ2n) is 8.02. The van der Waals surface area contributed by atoms with Crippen molar-refractivity contribution in [2.75, 3.05) is 31.6 Å². The molecule has 0 radical (unpaired) electrons. The molecule has 0 saturated carbocycles. The van der Waals surface area contributed by atoms with Gasteiger partial charge in [0.25, 0.3) is 5.91 Å². The average molecular weight is 482 g/mol. The zero-order chi connectivity index (χ0) is 24.4. The van der Waals surface area contributed by atoms with Crippen LogP contribution in [0.2, 0.25) is 0 Å². The van der Waals surface area contributed by atoms with Crippen LogP contribution in [-0.2, 0) is 11.3 Å². The van der Waals surface area contributed by atoms with E-state index in [0.29, 0.717) is 42.5 Å². The quantitative estimate of drug-likeness (QED) is 0.386. The molecule has 4 aromatic rings. The lowest BCUT2D eigenvalue weighted by atomic mass is 10.1. The van der Waals surface area contributed by atoms with E-state index >= 15 is 0 Å². The van der Waals surface area contributed by atoms with E-state index in [1.807, 2.05) is 0 Å². The number of amides is 1. The van der Waals surface area contributed by atoms with Crippen molar-refractivity contribution < 1.29 is 22.7 Å². The Balaban J connectivity index is 1.48. The molecule has 1 saturated heterocycles. The largest absolute Gasteiger partial charge is 0.379 e. The third-order valence-corrected chi connectivity index (χ3v) is 5.70. The molecule has 1 amide bonds. The standard InChI is InChI=1S/C24H21F3N6O2/c25-15-6-4-14(5-7-15)21-19(13-33-8-10-35-11-9-33)29-23(31-21)22-18(12-28-32-22)30-24(34)20-16(26)2-1-3-17(20)27/h1-7,12H,8-11,13H2,(H,28,32)(H,29,31)(H,30,34). The van der Waals surface area contributed by atoms with E-state index in [-0.39, 0.29) is 11.5 Å². The fourth-order valence-corrected chi connectivity index (χ4v) is 3.93. The summed E-state index contributed by atoms with van der Waals surface area (Å²) in [6.07, 6.45) is 1.33. The number of hydrogen-bond donors (Lipinski definition) is 3. The Morgan fingerprint density at radius 2 is 1.77 bits per heavy atom. The Kier molecular flexibility index (Phi) is 6.34. The summed E-state index contributed by atoms with van der Waals surface area (Å²) in [5, 5.41) is 9.23. The molecule has 1 aliphatic heterocycles. The van der Waals surface area contributed by atoms with Crippen molar-refractivity contribution in [3.63, 3.8) is 0 Å². The molecule has 5 rings (SSSR count). The number of aromatic nitrogens is 4. The lowest BCUT2D eigenvalue weighted by Crippen LogP contribution is -2.35. The van der Waals surface area contributed by atoms with Gasteiger partial charge < -0.3 is 15.0 Å². The number of anilines is 1. The first kappa shape index (κ1) is 22.8. The molecular formula is C24H21F3N6O2. The van der Waals surface area contributed by atoms with E-state index in [4.69, 9.17) is 4.74 Å². The number of carbonyl (C=O) groups is 1. The maximum Gasteiger partial charge on any atom is 0.261 e. The molecule has 0 atom stereocenters. The number of morpholine rings is 1. The van der Waals surface area contributed by atoms with E-state index < -0.39 is 23.1 Å². The van der Waals surface area contributed by atoms with Crippen LogP contribution in [0.25, 0.3) is 22.8 Å². The van der Waals surface area contributed by atoms with Gasteiger partial charge in [-0.25, -0.2) is 18.2 Å². The van der Waals surface area contributed by atoms with Crippen molar-refractivity contribution >= 4 is 11.6 Å². The van der Waals surface area contributed by atoms with Gasteiger partial charge in [0, 0.05) is 25.2 Å². The van der Waals surface area contributed by atoms with Gasteiger partial charge in [-0.1, -0.05) is 6.07 Å². The molecule has 3 N–H and O–H groups in total. The van der Waals surface area contributed by atoms with Crippen molar-refractivity contribution in [1.82, 2.24) is 25.1 Å². The molecule has 0 spiro atoms. The smallest absolute Gasteiger partial charge is 0.261 e. The Bertz CT molecular complexity index is 1330. The highest BCUT2D eigenvalue weighted by Gasteiger charge is 2.23. The van der Waals surface area contributed by atoms with Gasteiger partial charge in [0.1, 0.15) is 28.7 Å². The lowest BCUT2D eigenvalue weighted by Gasteiger charge is -2.26. The van der Waals surface area contributed by atoms with Gasteiger partial charge in [0.2, 0.25) is 0 Å². The Morgan fingerprint density at radius 1 is 1.06 bits per heavy atom. The molecule has 1 aliphatic rings. The summed E-state index contributed by atoms with van der Waals surface area (Å²) in [6.45, 7) is 3.28. The second-order valence-corrected chi connectivity index (χ2v) is 8.02. The second kappa shape index (κ2) is 9.72. The van der Waals surface area contributed by atoms with E-state index in [1.165, 1.54) is 24.4 Å². The van der Waals surface area contributed by atoms with Gasteiger partial charge in [-0.15, -0.1) is 0 Å². The van der Waals surface area contributed by atoms with Crippen molar-refractivity contribution in [1.29, 1.82) is 0 Å². The summed E-state index contributed by atoms with van der Waals surface area (Å²) >= 11 is 0. The zero-order valence-corrected chi connectivity index (χ0v) is 18.4. The molecule has 180 valence electrons. The molecule has 1 fully saturated rings. The maximum atomic E-state index is 14.1. The minimum atomic E-state index is -0.975. The third kappa shape index (κ3) is 4.81. The highest BCUT2D eigenvalue weighted by Crippen LogP contribution is 2.30. The minimum absolute atomic E-state index is 0.190. The number of imidazole rings is 1. The molecule has 11 heteroatoms. The molecule has 0 unspecified atom stereocenters. The predicted octanol–water partition coefficient (Wildman–Crippen LogP) is 3.97. The van der Waals surface area contributed by atoms with Gasteiger partial charge in [0.05, 0.1) is 36.5 Å². The predicted molar refractivity (Wildman–Crippen MR) is 122 cm³/mol. The number of nitrogens with zero attached hydrogens (tertiary/aromatic N) is 3. The number of benzene rings is 2. The van der Waals surface area contributed by atoms with Crippen molar-refractivity contribution in [3.05, 3.63) is 77.4 Å². The highest BCUT2D eigenvalue weighted by molar-refractivity contribution is 6.06. The number of rotatable bonds is 6. The summed E-state index contributed by atoms with van der Waals surface area (Å²) in [5.41, 5.74) is 1.91. The summed E-state index contributed by atoms with van der Waals surface area (Å²) in [4.78, 5) is 22.8. The number of hydrogen-bond acceptors (Lipinski definition) is 5. The molecule has 2 aromatic heterocycles. The van der Waals surface area contributed by atoms with E-state index in [0.717, 1.165) is 30.9 Å².